The maximum atomic E-state index is 11.6. The van der Waals surface area contributed by atoms with Crippen LogP contribution in [0.4, 0.5) is 0 Å². The van der Waals surface area contributed by atoms with Gasteiger partial charge in [0.25, 0.3) is 0 Å². The molecule has 17 heavy (non-hydrogen) atoms. The molecule has 0 heterocycles. The Labute approximate surface area is 110 Å². The van der Waals surface area contributed by atoms with Gasteiger partial charge in [-0.15, -0.1) is 0 Å². The number of nitrogens with zero attached hydrogens (tertiary/aromatic N) is 1. The molecule has 0 radical (unpaired) electrons. The second-order valence-corrected chi connectivity index (χ2v) is 5.02. The van der Waals surface area contributed by atoms with Crippen molar-refractivity contribution < 1.29 is 4.79 Å². The molecule has 0 aliphatic heterocycles. The van der Waals surface area contributed by atoms with E-state index < -0.39 is 5.54 Å². The Morgan fingerprint density at radius 3 is 2.59 bits per heavy atom. The summed E-state index contributed by atoms with van der Waals surface area (Å²) in [6.45, 7) is 3.28. The number of nitrogens with one attached hydrogen (secondary N) is 1. The summed E-state index contributed by atoms with van der Waals surface area (Å²) in [6, 6.07) is 7.01. The van der Waals surface area contributed by atoms with Crippen molar-refractivity contribution in [3.05, 3.63) is 33.8 Å². The molecule has 0 atom stereocenters. The second kappa shape index (κ2) is 5.39. The van der Waals surface area contributed by atoms with Crippen LogP contribution in [0.5, 0.6) is 0 Å². The standard InChI is InChI=1S/C12H12Cl2N2O/c1-12(2,7-15)16-11(17)6-8-3-4-9(13)10(14)5-8/h3-5H,6H2,1-2H3,(H,16,17). The third-order valence-corrected chi connectivity index (χ3v) is 2.82. The average Bonchev–Trinajstić information content (AvgIpc) is 2.23. The first-order chi connectivity index (χ1) is 7.84. The molecule has 0 aliphatic carbocycles. The van der Waals surface area contributed by atoms with E-state index in [0.29, 0.717) is 10.0 Å². The molecule has 1 N–H and O–H groups in total. The molecule has 0 saturated heterocycles. The van der Waals surface area contributed by atoms with Gasteiger partial charge < -0.3 is 5.32 Å². The normalized spacial score (nSPS) is 10.8. The zero-order valence-electron chi connectivity index (χ0n) is 9.55. The summed E-state index contributed by atoms with van der Waals surface area (Å²) in [6.07, 6.45) is 0.169. The lowest BCUT2D eigenvalue weighted by Gasteiger charge is -2.17. The fourth-order valence-corrected chi connectivity index (χ4v) is 1.58. The lowest BCUT2D eigenvalue weighted by atomic mass is 10.1. The Morgan fingerprint density at radius 2 is 2.06 bits per heavy atom. The smallest absolute Gasteiger partial charge is 0.225 e. The molecule has 0 saturated carbocycles. The first-order valence-electron chi connectivity index (χ1n) is 5.00. The van der Waals surface area contributed by atoms with Crippen LogP contribution in [0.25, 0.3) is 0 Å². The van der Waals surface area contributed by atoms with E-state index in [4.69, 9.17) is 28.5 Å². The third kappa shape index (κ3) is 4.26. The van der Waals surface area contributed by atoms with Gasteiger partial charge in [-0.25, -0.2) is 0 Å². The second-order valence-electron chi connectivity index (χ2n) is 4.21. The number of carbonyl (C=O) groups excluding carboxylic acids is 1. The molecule has 1 amide bonds. The minimum Gasteiger partial charge on any atom is -0.338 e. The molecular weight excluding hydrogens is 259 g/mol. The Bertz CT molecular complexity index is 478. The largest absolute Gasteiger partial charge is 0.338 e. The molecule has 1 rings (SSSR count). The van der Waals surface area contributed by atoms with Gasteiger partial charge in [0.15, 0.2) is 0 Å². The molecule has 0 spiro atoms. The SMILES string of the molecule is CC(C)(C#N)NC(=O)Cc1ccc(Cl)c(Cl)c1. The highest BCUT2D eigenvalue weighted by Gasteiger charge is 2.19. The van der Waals surface area contributed by atoms with Gasteiger partial charge in [-0.3, -0.25) is 4.79 Å². The Kier molecular flexibility index (Phi) is 4.39. The number of halogens is 2. The van der Waals surface area contributed by atoms with Gasteiger partial charge in [-0.2, -0.15) is 5.26 Å². The number of carbonyl (C=O) groups is 1. The van der Waals surface area contributed by atoms with Crippen molar-refractivity contribution in [1.29, 1.82) is 5.26 Å². The molecule has 0 fully saturated rings. The van der Waals surface area contributed by atoms with E-state index >= 15 is 0 Å². The highest BCUT2D eigenvalue weighted by atomic mass is 35.5. The molecule has 1 aromatic carbocycles. The fourth-order valence-electron chi connectivity index (χ4n) is 1.26. The van der Waals surface area contributed by atoms with Crippen LogP contribution in [-0.2, 0) is 11.2 Å². The van der Waals surface area contributed by atoms with Crippen molar-refractivity contribution in [1.82, 2.24) is 5.32 Å². The van der Waals surface area contributed by atoms with Crippen LogP contribution >= 0.6 is 23.2 Å². The third-order valence-electron chi connectivity index (χ3n) is 2.08. The molecule has 0 aromatic heterocycles. The molecule has 0 bridgehead atoms. The minimum atomic E-state index is -0.868. The molecule has 3 nitrogen and oxygen atoms in total. The monoisotopic (exact) mass is 270 g/mol. The van der Waals surface area contributed by atoms with Gasteiger partial charge in [0.1, 0.15) is 5.54 Å². The summed E-state index contributed by atoms with van der Waals surface area (Å²) in [5, 5.41) is 12.3. The van der Waals surface area contributed by atoms with E-state index in [9.17, 15) is 4.79 Å². The van der Waals surface area contributed by atoms with Gasteiger partial charge >= 0.3 is 0 Å². The quantitative estimate of drug-likeness (QED) is 0.918. The van der Waals surface area contributed by atoms with Crippen molar-refractivity contribution >= 4 is 29.1 Å². The van der Waals surface area contributed by atoms with Gasteiger partial charge in [0.05, 0.1) is 22.5 Å². The fraction of sp³-hybridized carbons (Fsp3) is 0.333. The van der Waals surface area contributed by atoms with Crippen LogP contribution in [-0.4, -0.2) is 11.4 Å². The number of benzene rings is 1. The van der Waals surface area contributed by atoms with Crippen LogP contribution in [0.15, 0.2) is 18.2 Å². The molecule has 1 aromatic rings. The van der Waals surface area contributed by atoms with Crippen molar-refractivity contribution in [3.8, 4) is 6.07 Å². The van der Waals surface area contributed by atoms with Gasteiger partial charge in [0.2, 0.25) is 5.91 Å². The van der Waals surface area contributed by atoms with Crippen LogP contribution < -0.4 is 5.32 Å². The van der Waals surface area contributed by atoms with E-state index in [1.54, 1.807) is 32.0 Å². The molecule has 90 valence electrons. The van der Waals surface area contributed by atoms with Crippen molar-refractivity contribution in [3.63, 3.8) is 0 Å². The summed E-state index contributed by atoms with van der Waals surface area (Å²) in [7, 11) is 0. The van der Waals surface area contributed by atoms with Crippen LogP contribution in [0.2, 0.25) is 10.0 Å². The molecular formula is C12H12Cl2N2O. The zero-order chi connectivity index (χ0) is 13.1. The van der Waals surface area contributed by atoms with E-state index in [0.717, 1.165) is 5.56 Å². The van der Waals surface area contributed by atoms with E-state index in [-0.39, 0.29) is 12.3 Å². The summed E-state index contributed by atoms with van der Waals surface area (Å²) in [5.41, 5.74) is -0.113. The first kappa shape index (κ1) is 13.8. The number of nitriles is 1. The average molecular weight is 271 g/mol. The summed E-state index contributed by atoms with van der Waals surface area (Å²) < 4.78 is 0. The maximum absolute atomic E-state index is 11.6. The molecule has 0 unspecified atom stereocenters. The Hall–Kier alpha value is -1.24. The van der Waals surface area contributed by atoms with E-state index in [2.05, 4.69) is 5.32 Å². The molecule has 5 heteroatoms. The number of rotatable bonds is 3. The van der Waals surface area contributed by atoms with E-state index in [1.807, 2.05) is 6.07 Å². The highest BCUT2D eigenvalue weighted by Crippen LogP contribution is 2.22. The Balaban J connectivity index is 2.69. The maximum Gasteiger partial charge on any atom is 0.225 e. The van der Waals surface area contributed by atoms with Gasteiger partial charge in [0, 0.05) is 0 Å². The van der Waals surface area contributed by atoms with Crippen LogP contribution in [0.3, 0.4) is 0 Å². The van der Waals surface area contributed by atoms with E-state index in [1.165, 1.54) is 0 Å². The number of hydrogen-bond acceptors (Lipinski definition) is 2. The Morgan fingerprint density at radius 1 is 1.41 bits per heavy atom. The van der Waals surface area contributed by atoms with Crippen molar-refractivity contribution in [2.45, 2.75) is 25.8 Å². The van der Waals surface area contributed by atoms with Crippen LogP contribution in [0, 0.1) is 11.3 Å². The summed E-state index contributed by atoms with van der Waals surface area (Å²) in [4.78, 5) is 11.6. The predicted octanol–water partition coefficient (Wildman–Crippen LogP) is 2.95. The lowest BCUT2D eigenvalue weighted by Crippen LogP contribution is -2.42. The minimum absolute atomic E-state index is 0.169. The molecule has 0 aliphatic rings. The highest BCUT2D eigenvalue weighted by molar-refractivity contribution is 6.42. The van der Waals surface area contributed by atoms with Crippen molar-refractivity contribution in [2.24, 2.45) is 0 Å². The van der Waals surface area contributed by atoms with Gasteiger partial charge in [-0.1, -0.05) is 29.3 Å². The first-order valence-corrected chi connectivity index (χ1v) is 5.76. The summed E-state index contributed by atoms with van der Waals surface area (Å²) in [5.74, 6) is -0.227. The summed E-state index contributed by atoms with van der Waals surface area (Å²) >= 11 is 11.6. The predicted molar refractivity (Wildman–Crippen MR) is 68.0 cm³/mol. The van der Waals surface area contributed by atoms with Crippen molar-refractivity contribution in [2.75, 3.05) is 0 Å². The lowest BCUT2D eigenvalue weighted by molar-refractivity contribution is -0.121. The van der Waals surface area contributed by atoms with Gasteiger partial charge in [-0.05, 0) is 31.5 Å². The van der Waals surface area contributed by atoms with Crippen LogP contribution in [0.1, 0.15) is 19.4 Å². The number of hydrogen-bond donors (Lipinski definition) is 1. The zero-order valence-corrected chi connectivity index (χ0v) is 11.1. The topological polar surface area (TPSA) is 52.9 Å². The number of amides is 1.